The maximum Gasteiger partial charge on any atom is 0.0897 e. The number of aliphatic hydroxyl groups excluding tert-OH is 1. The second-order valence-corrected chi connectivity index (χ2v) is 3.37. The highest BCUT2D eigenvalue weighted by molar-refractivity contribution is 4.72. The molecule has 80 valence electrons. The highest BCUT2D eigenvalue weighted by Crippen LogP contribution is 1.89. The molecular formula is C9H22N2O2. The van der Waals surface area contributed by atoms with Crippen molar-refractivity contribution in [1.29, 1.82) is 0 Å². The van der Waals surface area contributed by atoms with Crippen LogP contribution in [0, 0.1) is 0 Å². The fraction of sp³-hybridized carbons (Fsp3) is 1.00. The monoisotopic (exact) mass is 190 g/mol. The van der Waals surface area contributed by atoms with Crippen LogP contribution in [0.3, 0.4) is 0 Å². The second-order valence-electron chi connectivity index (χ2n) is 3.37. The third-order valence-electron chi connectivity index (χ3n) is 1.98. The van der Waals surface area contributed by atoms with E-state index in [9.17, 15) is 5.11 Å². The van der Waals surface area contributed by atoms with Gasteiger partial charge in [-0.15, -0.1) is 0 Å². The first-order valence-corrected chi connectivity index (χ1v) is 4.82. The molecule has 0 rings (SSSR count). The molecule has 0 aromatic carbocycles. The van der Waals surface area contributed by atoms with E-state index < -0.39 is 6.10 Å². The molecule has 3 atom stereocenters. The summed E-state index contributed by atoms with van der Waals surface area (Å²) in [5.74, 6) is 0. The maximum atomic E-state index is 9.38. The smallest absolute Gasteiger partial charge is 0.0897 e. The van der Waals surface area contributed by atoms with Gasteiger partial charge >= 0.3 is 0 Å². The Morgan fingerprint density at radius 2 is 2.08 bits per heavy atom. The zero-order chi connectivity index (χ0) is 10.3. The lowest BCUT2D eigenvalue weighted by Crippen LogP contribution is -2.44. The molecule has 4 heteroatoms. The molecule has 0 aliphatic rings. The minimum atomic E-state index is -0.443. The number of rotatable bonds is 7. The van der Waals surface area contributed by atoms with Crippen LogP contribution in [-0.4, -0.2) is 43.1 Å². The van der Waals surface area contributed by atoms with Gasteiger partial charge in [-0.1, -0.05) is 0 Å². The Bertz CT molecular complexity index is 120. The average molecular weight is 190 g/mol. The Labute approximate surface area is 80.5 Å². The van der Waals surface area contributed by atoms with Crippen molar-refractivity contribution in [1.82, 2.24) is 5.32 Å². The van der Waals surface area contributed by atoms with Gasteiger partial charge in [-0.05, 0) is 20.8 Å². The summed E-state index contributed by atoms with van der Waals surface area (Å²) in [6.45, 7) is 7.40. The van der Waals surface area contributed by atoms with E-state index >= 15 is 0 Å². The maximum absolute atomic E-state index is 9.38. The normalized spacial score (nSPS) is 18.2. The standard InChI is InChI=1S/C9H22N2O2/c1-4-13-6-9(12)5-11-8(3)7(2)10/h7-9,11-12H,4-6,10H2,1-3H3. The van der Waals surface area contributed by atoms with Crippen LogP contribution in [0.4, 0.5) is 0 Å². The zero-order valence-corrected chi connectivity index (χ0v) is 8.79. The average Bonchev–Trinajstić information content (AvgIpc) is 2.10. The summed E-state index contributed by atoms with van der Waals surface area (Å²) in [4.78, 5) is 0. The summed E-state index contributed by atoms with van der Waals surface area (Å²) in [7, 11) is 0. The number of nitrogens with two attached hydrogens (primary N) is 1. The molecule has 4 N–H and O–H groups in total. The minimum absolute atomic E-state index is 0.0966. The Morgan fingerprint density at radius 3 is 2.54 bits per heavy atom. The van der Waals surface area contributed by atoms with Gasteiger partial charge < -0.3 is 20.9 Å². The third kappa shape index (κ3) is 6.95. The summed E-state index contributed by atoms with van der Waals surface area (Å²) in [6.07, 6.45) is -0.443. The quantitative estimate of drug-likeness (QED) is 0.516. The molecule has 0 aromatic rings. The van der Waals surface area contributed by atoms with E-state index in [0.717, 1.165) is 0 Å². The summed E-state index contributed by atoms with van der Waals surface area (Å²) in [6, 6.07) is 0.315. The molecule has 0 spiro atoms. The molecule has 0 aromatic heterocycles. The predicted molar refractivity (Wildman–Crippen MR) is 53.6 cm³/mol. The van der Waals surface area contributed by atoms with Gasteiger partial charge in [0.2, 0.25) is 0 Å². The molecule has 4 nitrogen and oxygen atoms in total. The molecule has 0 saturated heterocycles. The van der Waals surface area contributed by atoms with Crippen molar-refractivity contribution >= 4 is 0 Å². The second kappa shape index (κ2) is 7.26. The van der Waals surface area contributed by atoms with Crippen molar-refractivity contribution < 1.29 is 9.84 Å². The van der Waals surface area contributed by atoms with E-state index in [2.05, 4.69) is 5.32 Å². The van der Waals surface area contributed by atoms with E-state index in [1.165, 1.54) is 0 Å². The molecule has 0 heterocycles. The lowest BCUT2D eigenvalue weighted by molar-refractivity contribution is 0.0413. The van der Waals surface area contributed by atoms with Gasteiger partial charge in [0.1, 0.15) is 0 Å². The fourth-order valence-corrected chi connectivity index (χ4v) is 0.821. The highest BCUT2D eigenvalue weighted by atomic mass is 16.5. The lowest BCUT2D eigenvalue weighted by atomic mass is 10.2. The lowest BCUT2D eigenvalue weighted by Gasteiger charge is -2.19. The molecule has 0 amide bonds. The van der Waals surface area contributed by atoms with Gasteiger partial charge in [0, 0.05) is 25.2 Å². The first kappa shape index (κ1) is 12.8. The van der Waals surface area contributed by atoms with Crippen molar-refractivity contribution in [3.63, 3.8) is 0 Å². The largest absolute Gasteiger partial charge is 0.389 e. The summed E-state index contributed by atoms with van der Waals surface area (Å²) >= 11 is 0. The number of nitrogens with one attached hydrogen (secondary N) is 1. The minimum Gasteiger partial charge on any atom is -0.389 e. The number of ether oxygens (including phenoxy) is 1. The molecule has 0 bridgehead atoms. The van der Waals surface area contributed by atoms with Crippen molar-refractivity contribution in [3.05, 3.63) is 0 Å². The summed E-state index contributed by atoms with van der Waals surface area (Å²) < 4.78 is 5.07. The molecule has 0 radical (unpaired) electrons. The van der Waals surface area contributed by atoms with Crippen molar-refractivity contribution in [2.75, 3.05) is 19.8 Å². The van der Waals surface area contributed by atoms with Crippen LogP contribution in [-0.2, 0) is 4.74 Å². The van der Waals surface area contributed by atoms with Crippen LogP contribution in [0.15, 0.2) is 0 Å². The SMILES string of the molecule is CCOCC(O)CNC(C)C(C)N. The van der Waals surface area contributed by atoms with Crippen LogP contribution in [0.25, 0.3) is 0 Å². The van der Waals surface area contributed by atoms with Crippen LogP contribution in [0.5, 0.6) is 0 Å². The van der Waals surface area contributed by atoms with Crippen molar-refractivity contribution in [2.45, 2.75) is 39.0 Å². The van der Waals surface area contributed by atoms with Gasteiger partial charge in [0.15, 0.2) is 0 Å². The van der Waals surface area contributed by atoms with Gasteiger partial charge in [0.05, 0.1) is 12.7 Å². The van der Waals surface area contributed by atoms with Gasteiger partial charge in [0.25, 0.3) is 0 Å². The summed E-state index contributed by atoms with van der Waals surface area (Å²) in [5.41, 5.74) is 5.65. The molecular weight excluding hydrogens is 168 g/mol. The van der Waals surface area contributed by atoms with Crippen LogP contribution in [0.1, 0.15) is 20.8 Å². The molecule has 3 unspecified atom stereocenters. The Kier molecular flexibility index (Phi) is 7.17. The zero-order valence-electron chi connectivity index (χ0n) is 8.79. The van der Waals surface area contributed by atoms with Crippen molar-refractivity contribution in [2.24, 2.45) is 5.73 Å². The topological polar surface area (TPSA) is 67.5 Å². The molecule has 0 saturated carbocycles. The van der Waals surface area contributed by atoms with Gasteiger partial charge in [-0.2, -0.15) is 0 Å². The first-order chi connectivity index (χ1) is 6.07. The highest BCUT2D eigenvalue weighted by Gasteiger charge is 2.09. The predicted octanol–water partition coefficient (Wildman–Crippen LogP) is -0.291. The van der Waals surface area contributed by atoms with Gasteiger partial charge in [-0.25, -0.2) is 0 Å². The Hall–Kier alpha value is -0.160. The Balaban J connectivity index is 3.40. The number of aliphatic hydroxyl groups is 1. The van der Waals surface area contributed by atoms with Crippen molar-refractivity contribution in [3.8, 4) is 0 Å². The first-order valence-electron chi connectivity index (χ1n) is 4.82. The van der Waals surface area contributed by atoms with E-state index in [1.807, 2.05) is 20.8 Å². The van der Waals surface area contributed by atoms with Crippen LogP contribution < -0.4 is 11.1 Å². The fourth-order valence-electron chi connectivity index (χ4n) is 0.821. The third-order valence-corrected chi connectivity index (χ3v) is 1.98. The van der Waals surface area contributed by atoms with Crippen LogP contribution in [0.2, 0.25) is 0 Å². The number of hydrogen-bond acceptors (Lipinski definition) is 4. The van der Waals surface area contributed by atoms with Gasteiger partial charge in [-0.3, -0.25) is 0 Å². The molecule has 0 aliphatic carbocycles. The number of hydrogen-bond donors (Lipinski definition) is 3. The van der Waals surface area contributed by atoms with E-state index in [1.54, 1.807) is 0 Å². The molecule has 0 fully saturated rings. The Morgan fingerprint density at radius 1 is 1.46 bits per heavy atom. The van der Waals surface area contributed by atoms with E-state index in [-0.39, 0.29) is 12.1 Å². The van der Waals surface area contributed by atoms with Crippen LogP contribution >= 0.6 is 0 Å². The summed E-state index contributed by atoms with van der Waals surface area (Å²) in [5, 5.41) is 12.5. The van der Waals surface area contributed by atoms with E-state index in [0.29, 0.717) is 19.8 Å². The molecule has 0 aliphatic heterocycles. The van der Waals surface area contributed by atoms with E-state index in [4.69, 9.17) is 10.5 Å². The molecule has 13 heavy (non-hydrogen) atoms.